The molecule has 0 saturated heterocycles. The van der Waals surface area contributed by atoms with Gasteiger partial charge in [0.1, 0.15) is 11.6 Å². The molecule has 198 valence electrons. The van der Waals surface area contributed by atoms with Gasteiger partial charge in [-0.25, -0.2) is 18.0 Å². The number of methoxy groups -OCH3 is 1. The third-order valence-electron chi connectivity index (χ3n) is 6.68. The lowest BCUT2D eigenvalue weighted by atomic mass is 10.0. The molecule has 0 aliphatic rings. The number of hydrogen-bond acceptors (Lipinski definition) is 4. The SMILES string of the molecule is COc1cccc(-c2c(C)n(Cc3c(F)cccc3F)c(=O)n(C[C@H](c3ccccc3)N(C)C)c2=O)c1F. The van der Waals surface area contributed by atoms with Gasteiger partial charge in [-0.15, -0.1) is 0 Å². The minimum atomic E-state index is -0.835. The van der Waals surface area contributed by atoms with Crippen molar-refractivity contribution in [1.82, 2.24) is 14.0 Å². The van der Waals surface area contributed by atoms with E-state index < -0.39 is 41.3 Å². The molecule has 1 aromatic heterocycles. The smallest absolute Gasteiger partial charge is 0.331 e. The number of hydrogen-bond donors (Lipinski definition) is 0. The highest BCUT2D eigenvalue weighted by molar-refractivity contribution is 5.67. The molecule has 38 heavy (non-hydrogen) atoms. The molecule has 0 aliphatic carbocycles. The largest absolute Gasteiger partial charge is 0.494 e. The van der Waals surface area contributed by atoms with E-state index in [1.165, 1.54) is 38.3 Å². The molecule has 3 aromatic carbocycles. The zero-order valence-electron chi connectivity index (χ0n) is 21.5. The van der Waals surface area contributed by atoms with Crippen molar-refractivity contribution < 1.29 is 17.9 Å². The van der Waals surface area contributed by atoms with Gasteiger partial charge in [-0.05, 0) is 44.8 Å². The molecule has 0 saturated carbocycles. The Labute approximate surface area is 218 Å². The second kappa shape index (κ2) is 11.1. The highest BCUT2D eigenvalue weighted by atomic mass is 19.1. The first kappa shape index (κ1) is 26.9. The van der Waals surface area contributed by atoms with E-state index in [0.717, 1.165) is 26.8 Å². The van der Waals surface area contributed by atoms with Crippen molar-refractivity contribution in [3.63, 3.8) is 0 Å². The third kappa shape index (κ3) is 5.02. The van der Waals surface area contributed by atoms with Crippen molar-refractivity contribution in [2.45, 2.75) is 26.1 Å². The molecule has 0 spiro atoms. The van der Waals surface area contributed by atoms with Crippen LogP contribution in [0.4, 0.5) is 13.2 Å². The zero-order chi connectivity index (χ0) is 27.6. The summed E-state index contributed by atoms with van der Waals surface area (Å²) in [5.41, 5.74) is -1.06. The van der Waals surface area contributed by atoms with E-state index in [1.807, 2.05) is 49.3 Å². The normalized spacial score (nSPS) is 12.1. The van der Waals surface area contributed by atoms with E-state index in [1.54, 1.807) is 0 Å². The standard InChI is InChI=1S/C29H28F3N3O3/c1-18-26(20-12-8-15-25(38-4)27(20)32)28(36)35(17-24(33(2)3)19-10-6-5-7-11-19)29(37)34(18)16-21-22(30)13-9-14-23(21)31/h5-15,24H,16-17H2,1-4H3/t24-/m1/s1. The fourth-order valence-electron chi connectivity index (χ4n) is 4.58. The second-order valence-electron chi connectivity index (χ2n) is 9.16. The number of likely N-dealkylation sites (N-methyl/N-ethyl adjacent to an activating group) is 1. The summed E-state index contributed by atoms with van der Waals surface area (Å²) in [5.74, 6) is -2.53. The van der Waals surface area contributed by atoms with E-state index in [-0.39, 0.29) is 34.7 Å². The number of aromatic nitrogens is 2. The summed E-state index contributed by atoms with van der Waals surface area (Å²) >= 11 is 0. The maximum atomic E-state index is 15.4. The molecule has 1 heterocycles. The monoisotopic (exact) mass is 523 g/mol. The Balaban J connectivity index is 2.01. The van der Waals surface area contributed by atoms with Crippen LogP contribution in [0.15, 0.2) is 76.3 Å². The predicted octanol–water partition coefficient (Wildman–Crippen LogP) is 4.76. The van der Waals surface area contributed by atoms with Gasteiger partial charge in [0.2, 0.25) is 0 Å². The number of halogens is 3. The molecular weight excluding hydrogens is 495 g/mol. The van der Waals surface area contributed by atoms with Crippen molar-refractivity contribution in [3.8, 4) is 16.9 Å². The van der Waals surface area contributed by atoms with Gasteiger partial charge in [-0.2, -0.15) is 0 Å². The van der Waals surface area contributed by atoms with Crippen LogP contribution in [0.3, 0.4) is 0 Å². The Hall–Kier alpha value is -4.11. The van der Waals surface area contributed by atoms with Crippen molar-refractivity contribution in [2.24, 2.45) is 0 Å². The fourth-order valence-corrected chi connectivity index (χ4v) is 4.58. The van der Waals surface area contributed by atoms with Gasteiger partial charge in [-0.1, -0.05) is 48.5 Å². The molecule has 4 aromatic rings. The van der Waals surface area contributed by atoms with Crippen LogP contribution in [-0.4, -0.2) is 35.2 Å². The lowest BCUT2D eigenvalue weighted by Gasteiger charge is -2.26. The zero-order valence-corrected chi connectivity index (χ0v) is 21.5. The van der Waals surface area contributed by atoms with Gasteiger partial charge in [0, 0.05) is 16.8 Å². The van der Waals surface area contributed by atoms with Crippen LogP contribution in [0, 0.1) is 24.4 Å². The van der Waals surface area contributed by atoms with Gasteiger partial charge in [-0.3, -0.25) is 13.9 Å². The van der Waals surface area contributed by atoms with Crippen molar-refractivity contribution in [2.75, 3.05) is 21.2 Å². The number of ether oxygens (including phenoxy) is 1. The van der Waals surface area contributed by atoms with Gasteiger partial charge < -0.3 is 9.64 Å². The first-order chi connectivity index (χ1) is 18.1. The lowest BCUT2D eigenvalue weighted by molar-refractivity contribution is 0.261. The molecular formula is C29H28F3N3O3. The summed E-state index contributed by atoms with van der Waals surface area (Å²) in [6.45, 7) is 0.897. The lowest BCUT2D eigenvalue weighted by Crippen LogP contribution is -2.44. The highest BCUT2D eigenvalue weighted by Gasteiger charge is 2.25. The van der Waals surface area contributed by atoms with Crippen molar-refractivity contribution in [1.29, 1.82) is 0 Å². The Kier molecular flexibility index (Phi) is 7.87. The molecule has 0 N–H and O–H groups in total. The molecule has 0 aliphatic heterocycles. The summed E-state index contributed by atoms with van der Waals surface area (Å²) < 4.78 is 51.8. The van der Waals surface area contributed by atoms with Crippen LogP contribution in [-0.2, 0) is 13.1 Å². The van der Waals surface area contributed by atoms with E-state index in [9.17, 15) is 18.4 Å². The van der Waals surface area contributed by atoms with Crippen LogP contribution in [0.5, 0.6) is 5.75 Å². The summed E-state index contributed by atoms with van der Waals surface area (Å²) in [7, 11) is 4.93. The first-order valence-corrected chi connectivity index (χ1v) is 12.0. The Bertz CT molecular complexity index is 1560. The molecule has 0 radical (unpaired) electrons. The molecule has 4 rings (SSSR count). The second-order valence-corrected chi connectivity index (χ2v) is 9.16. The summed E-state index contributed by atoms with van der Waals surface area (Å²) in [6, 6.07) is 16.7. The van der Waals surface area contributed by atoms with E-state index in [4.69, 9.17) is 4.74 Å². The van der Waals surface area contributed by atoms with E-state index in [2.05, 4.69) is 0 Å². The predicted molar refractivity (Wildman–Crippen MR) is 140 cm³/mol. The van der Waals surface area contributed by atoms with Crippen LogP contribution in [0.25, 0.3) is 11.1 Å². The number of rotatable bonds is 8. The van der Waals surface area contributed by atoms with E-state index >= 15 is 4.39 Å². The minimum Gasteiger partial charge on any atom is -0.494 e. The van der Waals surface area contributed by atoms with Crippen LogP contribution >= 0.6 is 0 Å². The van der Waals surface area contributed by atoms with Crippen molar-refractivity contribution in [3.05, 3.63) is 122 Å². The fraction of sp³-hybridized carbons (Fsp3) is 0.241. The van der Waals surface area contributed by atoms with Crippen LogP contribution < -0.4 is 16.0 Å². The number of benzene rings is 3. The number of nitrogens with zero attached hydrogens (tertiary/aromatic N) is 3. The maximum absolute atomic E-state index is 15.4. The topological polar surface area (TPSA) is 56.5 Å². The Morgan fingerprint density at radius 2 is 1.50 bits per heavy atom. The van der Waals surface area contributed by atoms with Crippen molar-refractivity contribution >= 4 is 0 Å². The van der Waals surface area contributed by atoms with Gasteiger partial charge in [0.15, 0.2) is 11.6 Å². The average Bonchev–Trinajstić information content (AvgIpc) is 2.89. The average molecular weight is 524 g/mol. The minimum absolute atomic E-state index is 0.0761. The summed E-state index contributed by atoms with van der Waals surface area (Å²) in [6.07, 6.45) is 0. The molecule has 0 amide bonds. The quantitative estimate of drug-likeness (QED) is 0.334. The summed E-state index contributed by atoms with van der Waals surface area (Å²) in [5, 5.41) is 0. The third-order valence-corrected chi connectivity index (χ3v) is 6.68. The van der Waals surface area contributed by atoms with Gasteiger partial charge >= 0.3 is 5.69 Å². The maximum Gasteiger partial charge on any atom is 0.331 e. The van der Waals surface area contributed by atoms with Gasteiger partial charge in [0.25, 0.3) is 5.56 Å². The molecule has 6 nitrogen and oxygen atoms in total. The molecule has 1 atom stereocenters. The first-order valence-electron chi connectivity index (χ1n) is 12.0. The van der Waals surface area contributed by atoms with Crippen LogP contribution in [0.1, 0.15) is 22.9 Å². The molecule has 9 heteroatoms. The van der Waals surface area contributed by atoms with E-state index in [0.29, 0.717) is 0 Å². The Morgan fingerprint density at radius 1 is 0.868 bits per heavy atom. The Morgan fingerprint density at radius 3 is 2.11 bits per heavy atom. The molecule has 0 fully saturated rings. The molecule has 0 bridgehead atoms. The highest BCUT2D eigenvalue weighted by Crippen LogP contribution is 2.29. The van der Waals surface area contributed by atoms with Gasteiger partial charge in [0.05, 0.1) is 31.8 Å². The van der Waals surface area contributed by atoms with Crippen LogP contribution in [0.2, 0.25) is 0 Å². The molecule has 0 unspecified atom stereocenters. The summed E-state index contributed by atoms with van der Waals surface area (Å²) in [4.78, 5) is 29.5.